The molecule has 0 saturated heterocycles. The van der Waals surface area contributed by atoms with Gasteiger partial charge >= 0.3 is 12.1 Å². The highest BCUT2D eigenvalue weighted by molar-refractivity contribution is 5.71. The Hall–Kier alpha value is -3.29. The maximum Gasteiger partial charge on any atom is 0.433 e. The Morgan fingerprint density at radius 2 is 1.94 bits per heavy atom. The van der Waals surface area contributed by atoms with Crippen LogP contribution in [0.1, 0.15) is 42.5 Å². The van der Waals surface area contributed by atoms with Crippen LogP contribution >= 0.6 is 0 Å². The summed E-state index contributed by atoms with van der Waals surface area (Å²) in [6, 6.07) is 15.5. The number of nitrogens with zero attached hydrogens (tertiary/aromatic N) is 2. The quantitative estimate of drug-likeness (QED) is 0.411. The number of esters is 1. The molecule has 174 valence electrons. The minimum Gasteiger partial charge on any atom is -0.492 e. The highest BCUT2D eigenvalue weighted by Gasteiger charge is 2.36. The first-order valence-corrected chi connectivity index (χ1v) is 11.0. The molecule has 0 fully saturated rings. The number of ether oxygens (including phenoxy) is 2. The van der Waals surface area contributed by atoms with E-state index >= 15 is 0 Å². The molecule has 8 heteroatoms. The molecule has 0 bridgehead atoms. The molecule has 33 heavy (non-hydrogen) atoms. The van der Waals surface area contributed by atoms with Gasteiger partial charge in [0.25, 0.3) is 0 Å². The number of fused-ring (bicyclic) bond motifs is 1. The van der Waals surface area contributed by atoms with Crippen LogP contribution in [0, 0.1) is 0 Å². The van der Waals surface area contributed by atoms with Gasteiger partial charge in [-0.1, -0.05) is 36.4 Å². The number of carbonyl (C=O) groups is 1. The second kappa shape index (κ2) is 9.68. The minimum absolute atomic E-state index is 0.0375. The first-order valence-electron chi connectivity index (χ1n) is 11.0. The van der Waals surface area contributed by atoms with E-state index in [-0.39, 0.29) is 30.7 Å². The molecule has 3 aromatic rings. The van der Waals surface area contributed by atoms with Crippen LogP contribution in [0.5, 0.6) is 5.75 Å². The maximum atomic E-state index is 13.5. The summed E-state index contributed by atoms with van der Waals surface area (Å²) in [6.45, 7) is 2.16. The van der Waals surface area contributed by atoms with Gasteiger partial charge in [-0.2, -0.15) is 18.3 Å². The third kappa shape index (κ3) is 5.38. The van der Waals surface area contributed by atoms with E-state index in [9.17, 15) is 18.0 Å². The fourth-order valence-electron chi connectivity index (χ4n) is 4.22. The lowest BCUT2D eigenvalue weighted by Gasteiger charge is -2.13. The number of alkyl halides is 3. The highest BCUT2D eigenvalue weighted by atomic mass is 19.4. The molecular weight excluding hydrogens is 433 g/mol. The Morgan fingerprint density at radius 3 is 2.67 bits per heavy atom. The normalized spacial score (nSPS) is 15.3. The summed E-state index contributed by atoms with van der Waals surface area (Å²) in [7, 11) is 0. The fraction of sp³-hybridized carbons (Fsp3) is 0.360. The van der Waals surface area contributed by atoms with E-state index in [0.717, 1.165) is 34.7 Å². The highest BCUT2D eigenvalue weighted by Crippen LogP contribution is 2.37. The van der Waals surface area contributed by atoms with Crippen molar-refractivity contribution in [3.8, 4) is 17.0 Å². The number of halogens is 3. The van der Waals surface area contributed by atoms with Crippen molar-refractivity contribution >= 4 is 5.97 Å². The predicted octanol–water partition coefficient (Wildman–Crippen LogP) is 5.63. The first kappa shape index (κ1) is 22.9. The molecule has 1 atom stereocenters. The molecule has 0 saturated carbocycles. The summed E-state index contributed by atoms with van der Waals surface area (Å²) in [5, 5.41) is 4.16. The third-order valence-electron chi connectivity index (χ3n) is 5.75. The van der Waals surface area contributed by atoms with E-state index in [1.165, 1.54) is 0 Å². The largest absolute Gasteiger partial charge is 0.492 e. The van der Waals surface area contributed by atoms with E-state index in [2.05, 4.69) is 5.10 Å². The van der Waals surface area contributed by atoms with Crippen molar-refractivity contribution in [3.05, 3.63) is 71.4 Å². The van der Waals surface area contributed by atoms with Crippen LogP contribution in [0.25, 0.3) is 11.3 Å². The van der Waals surface area contributed by atoms with Gasteiger partial charge < -0.3 is 9.47 Å². The van der Waals surface area contributed by atoms with E-state index < -0.39 is 11.9 Å². The maximum absolute atomic E-state index is 13.5. The second-order valence-electron chi connectivity index (χ2n) is 7.96. The summed E-state index contributed by atoms with van der Waals surface area (Å²) in [5.41, 5.74) is 2.30. The van der Waals surface area contributed by atoms with Crippen molar-refractivity contribution in [2.45, 2.75) is 44.8 Å². The number of aromatic nitrogens is 2. The number of hydrogen-bond acceptors (Lipinski definition) is 4. The molecule has 1 aliphatic rings. The summed E-state index contributed by atoms with van der Waals surface area (Å²) in [4.78, 5) is 11.8. The average molecular weight is 458 g/mol. The Bertz CT molecular complexity index is 1110. The van der Waals surface area contributed by atoms with Crippen LogP contribution in [-0.4, -0.2) is 29.0 Å². The molecule has 0 amide bonds. The average Bonchev–Trinajstić information content (AvgIpc) is 3.39. The topological polar surface area (TPSA) is 53.4 Å². The fourth-order valence-corrected chi connectivity index (χ4v) is 4.22. The zero-order chi connectivity index (χ0) is 23.4. The van der Waals surface area contributed by atoms with Gasteiger partial charge in [-0.15, -0.1) is 0 Å². The lowest BCUT2D eigenvalue weighted by Crippen LogP contribution is -2.18. The summed E-state index contributed by atoms with van der Waals surface area (Å²) < 4.78 is 52.3. The van der Waals surface area contributed by atoms with Crippen molar-refractivity contribution in [2.24, 2.45) is 0 Å². The van der Waals surface area contributed by atoms with Crippen molar-refractivity contribution in [1.82, 2.24) is 9.78 Å². The number of carbonyl (C=O) groups excluding carboxylic acids is 1. The standard InChI is InChI=1S/C25H25F3N2O3/c1-2-32-24(31)15-19-9-8-18-14-20(10-11-21(18)19)33-13-12-30-23(25(26,27)28)16-22(29-30)17-6-4-3-5-7-17/h3-7,10-11,14,16,19H,2,8-9,12-13,15H2,1H3. The third-order valence-corrected chi connectivity index (χ3v) is 5.75. The van der Waals surface area contributed by atoms with Crippen LogP contribution in [0.2, 0.25) is 0 Å². The van der Waals surface area contributed by atoms with Crippen LogP contribution in [0.4, 0.5) is 13.2 Å². The van der Waals surface area contributed by atoms with Crippen LogP contribution in [-0.2, 0) is 28.7 Å². The predicted molar refractivity (Wildman–Crippen MR) is 117 cm³/mol. The van der Waals surface area contributed by atoms with Gasteiger partial charge in [0.2, 0.25) is 0 Å². The molecule has 0 N–H and O–H groups in total. The summed E-state index contributed by atoms with van der Waals surface area (Å²) in [6.07, 6.45) is -2.47. The minimum atomic E-state index is -4.51. The zero-order valence-electron chi connectivity index (χ0n) is 18.3. The van der Waals surface area contributed by atoms with Gasteiger partial charge in [-0.25, -0.2) is 0 Å². The molecule has 0 radical (unpaired) electrons. The van der Waals surface area contributed by atoms with E-state index in [1.807, 2.05) is 12.1 Å². The van der Waals surface area contributed by atoms with Gasteiger partial charge in [0, 0.05) is 5.56 Å². The lowest BCUT2D eigenvalue weighted by molar-refractivity contribution is -0.144. The molecular formula is C25H25F3N2O3. The van der Waals surface area contributed by atoms with Crippen LogP contribution in [0.15, 0.2) is 54.6 Å². The first-order chi connectivity index (χ1) is 15.8. The summed E-state index contributed by atoms with van der Waals surface area (Å²) in [5.74, 6) is 0.516. The molecule has 5 nitrogen and oxygen atoms in total. The molecule has 1 heterocycles. The number of benzene rings is 2. The van der Waals surface area contributed by atoms with Gasteiger partial charge in [0.15, 0.2) is 0 Å². The Morgan fingerprint density at radius 1 is 1.15 bits per heavy atom. The smallest absolute Gasteiger partial charge is 0.433 e. The van der Waals surface area contributed by atoms with E-state index in [4.69, 9.17) is 9.47 Å². The molecule has 4 rings (SSSR count). The monoisotopic (exact) mass is 458 g/mol. The number of rotatable bonds is 8. The molecule has 2 aromatic carbocycles. The molecule has 1 aliphatic carbocycles. The van der Waals surface area contributed by atoms with Gasteiger partial charge in [-0.3, -0.25) is 9.48 Å². The molecule has 1 aromatic heterocycles. The van der Waals surface area contributed by atoms with Crippen molar-refractivity contribution in [1.29, 1.82) is 0 Å². The van der Waals surface area contributed by atoms with Crippen LogP contribution in [0.3, 0.4) is 0 Å². The number of hydrogen-bond donors (Lipinski definition) is 0. The SMILES string of the molecule is CCOC(=O)CC1CCc2cc(OCCn3nc(-c4ccccc4)cc3C(F)(F)F)ccc21. The lowest BCUT2D eigenvalue weighted by atomic mass is 9.98. The molecule has 1 unspecified atom stereocenters. The van der Waals surface area contributed by atoms with Crippen molar-refractivity contribution in [2.75, 3.05) is 13.2 Å². The van der Waals surface area contributed by atoms with E-state index in [0.29, 0.717) is 24.3 Å². The number of aryl methyl sites for hydroxylation is 1. The van der Waals surface area contributed by atoms with Crippen molar-refractivity contribution in [3.63, 3.8) is 0 Å². The van der Waals surface area contributed by atoms with Gasteiger partial charge in [0.05, 0.1) is 25.3 Å². The zero-order valence-corrected chi connectivity index (χ0v) is 18.3. The second-order valence-corrected chi connectivity index (χ2v) is 7.96. The Kier molecular flexibility index (Phi) is 6.72. The van der Waals surface area contributed by atoms with Crippen molar-refractivity contribution < 1.29 is 27.4 Å². The Labute approximate surface area is 190 Å². The van der Waals surface area contributed by atoms with E-state index in [1.54, 1.807) is 43.3 Å². The van der Waals surface area contributed by atoms with Gasteiger partial charge in [-0.05, 0) is 55.0 Å². The van der Waals surface area contributed by atoms with Gasteiger partial charge in [0.1, 0.15) is 18.1 Å². The molecule has 0 spiro atoms. The molecule has 0 aliphatic heterocycles. The van der Waals surface area contributed by atoms with Crippen LogP contribution < -0.4 is 4.74 Å². The Balaban J connectivity index is 1.42. The summed E-state index contributed by atoms with van der Waals surface area (Å²) >= 11 is 0.